The number of benzene rings is 3. The van der Waals surface area contributed by atoms with Crippen LogP contribution in [0.15, 0.2) is 101 Å². The minimum absolute atomic E-state index is 0.0188. The number of hydrogen-bond donors (Lipinski definition) is 2. The average Bonchev–Trinajstić information content (AvgIpc) is 3.24. The third kappa shape index (κ3) is 8.16. The fourth-order valence-electron chi connectivity index (χ4n) is 4.11. The van der Waals surface area contributed by atoms with Gasteiger partial charge in [-0.05, 0) is 59.5 Å². The Labute approximate surface area is 229 Å². The highest BCUT2D eigenvalue weighted by molar-refractivity contribution is 7.97. The summed E-state index contributed by atoms with van der Waals surface area (Å²) in [6.45, 7) is 5.09. The van der Waals surface area contributed by atoms with Gasteiger partial charge in [-0.2, -0.15) is 0 Å². The van der Waals surface area contributed by atoms with Gasteiger partial charge in [-0.1, -0.05) is 86.7 Å². The van der Waals surface area contributed by atoms with Crippen LogP contribution in [-0.4, -0.2) is 17.9 Å². The number of carbonyl (C=O) groups is 1. The fourth-order valence-corrected chi connectivity index (χ4v) is 4.83. The highest BCUT2D eigenvalue weighted by atomic mass is 32.2. The molecule has 3 aromatic carbocycles. The monoisotopic (exact) mass is 530 g/mol. The molecule has 0 fully saturated rings. The number of nitrogens with zero attached hydrogens (tertiary/aromatic N) is 1. The Morgan fingerprint density at radius 3 is 2.53 bits per heavy atom. The predicted octanol–water partition coefficient (Wildman–Crippen LogP) is 7.29. The van der Waals surface area contributed by atoms with Crippen molar-refractivity contribution in [2.45, 2.75) is 51.1 Å². The number of nitrogens with one attached hydrogen (secondary N) is 2. The standard InChI is InChI=1S/C29H29N3O3S.C2H6/c1-35-32(34)24-14-10-15-25(19-24)36-31-21-23-13-8-9-16-26(23)27-17-6-3-7-18-28(27)29(33)30-20-22-11-4-2-5-12-22;1-2/h2,4-6,8-17,19,31H,3,7,18,20-21H2,1H3;1-2H3/p+1. The molecular weight excluding hydrogens is 494 g/mol. The SMILES string of the molecule is CC.CO[N+](=O)c1cccc(SNCc2ccccc2C2=C(C(=O)NCc3ccccc3)CCCC=C2)c1. The summed E-state index contributed by atoms with van der Waals surface area (Å²) in [4.78, 5) is 31.1. The maximum Gasteiger partial charge on any atom is 0.317 e. The van der Waals surface area contributed by atoms with E-state index >= 15 is 0 Å². The van der Waals surface area contributed by atoms with Gasteiger partial charge in [0, 0.05) is 35.7 Å². The summed E-state index contributed by atoms with van der Waals surface area (Å²) in [7, 11) is 1.34. The molecule has 6 nitrogen and oxygen atoms in total. The van der Waals surface area contributed by atoms with Crippen molar-refractivity contribution in [3.63, 3.8) is 0 Å². The third-order valence-corrected chi connectivity index (χ3v) is 6.71. The zero-order chi connectivity index (χ0) is 27.2. The molecule has 0 bridgehead atoms. The predicted molar refractivity (Wildman–Crippen MR) is 155 cm³/mol. The van der Waals surface area contributed by atoms with Gasteiger partial charge in [0.25, 0.3) is 4.92 Å². The summed E-state index contributed by atoms with van der Waals surface area (Å²) >= 11 is 1.45. The van der Waals surface area contributed by atoms with Crippen LogP contribution in [0, 0.1) is 4.91 Å². The van der Waals surface area contributed by atoms with Crippen LogP contribution in [0.1, 0.15) is 49.8 Å². The van der Waals surface area contributed by atoms with E-state index in [9.17, 15) is 9.70 Å². The average molecular weight is 531 g/mol. The minimum Gasteiger partial charge on any atom is -0.348 e. The Morgan fingerprint density at radius 2 is 1.74 bits per heavy atom. The van der Waals surface area contributed by atoms with Crippen molar-refractivity contribution in [1.82, 2.24) is 10.0 Å². The summed E-state index contributed by atoms with van der Waals surface area (Å²) in [6.07, 6.45) is 6.87. The number of allylic oxidation sites excluding steroid dienone is 3. The summed E-state index contributed by atoms with van der Waals surface area (Å²) in [5.74, 6) is -0.0188. The van der Waals surface area contributed by atoms with E-state index in [1.807, 2.05) is 68.4 Å². The first-order chi connectivity index (χ1) is 18.7. The normalized spacial score (nSPS) is 12.7. The second kappa shape index (κ2) is 15.5. The van der Waals surface area contributed by atoms with Gasteiger partial charge in [-0.25, -0.2) is 4.84 Å². The molecule has 1 aliphatic rings. The number of rotatable bonds is 10. The first-order valence-electron chi connectivity index (χ1n) is 13.0. The Balaban J connectivity index is 0.00000195. The van der Waals surface area contributed by atoms with E-state index in [4.69, 9.17) is 4.84 Å². The van der Waals surface area contributed by atoms with E-state index in [0.29, 0.717) is 23.7 Å². The fraction of sp³-hybridized carbons (Fsp3) is 0.258. The number of carbonyl (C=O) groups excluding carboxylic acids is 1. The Hall–Kier alpha value is -3.68. The van der Waals surface area contributed by atoms with Crippen LogP contribution >= 0.6 is 11.9 Å². The maximum absolute atomic E-state index is 13.3. The molecule has 0 aromatic heterocycles. The maximum atomic E-state index is 13.3. The molecule has 0 unspecified atom stereocenters. The van der Waals surface area contributed by atoms with Crippen molar-refractivity contribution in [2.75, 3.05) is 7.11 Å². The zero-order valence-electron chi connectivity index (χ0n) is 22.3. The van der Waals surface area contributed by atoms with Crippen molar-refractivity contribution >= 4 is 29.1 Å². The van der Waals surface area contributed by atoms with E-state index in [1.165, 1.54) is 19.1 Å². The highest BCUT2D eigenvalue weighted by Gasteiger charge is 2.19. The van der Waals surface area contributed by atoms with E-state index in [1.54, 1.807) is 12.1 Å². The summed E-state index contributed by atoms with van der Waals surface area (Å²) < 4.78 is 3.40. The molecule has 0 atom stereocenters. The number of hydrogen-bond acceptors (Lipinski definition) is 5. The molecule has 1 aliphatic carbocycles. The topological polar surface area (TPSA) is 70.4 Å². The van der Waals surface area contributed by atoms with Gasteiger partial charge in [0.05, 0.1) is 4.91 Å². The second-order valence-corrected chi connectivity index (χ2v) is 9.34. The highest BCUT2D eigenvalue weighted by Crippen LogP contribution is 2.30. The summed E-state index contributed by atoms with van der Waals surface area (Å²) in [5, 5.41) is 3.11. The Morgan fingerprint density at radius 1 is 0.974 bits per heavy atom. The van der Waals surface area contributed by atoms with Crippen molar-refractivity contribution in [3.05, 3.63) is 118 Å². The van der Waals surface area contributed by atoms with E-state index in [0.717, 1.165) is 52.0 Å². The molecule has 0 radical (unpaired) electrons. The zero-order valence-corrected chi connectivity index (χ0v) is 23.1. The van der Waals surface area contributed by atoms with E-state index < -0.39 is 0 Å². The third-order valence-electron chi connectivity index (χ3n) is 5.93. The second-order valence-electron chi connectivity index (χ2n) is 8.37. The van der Waals surface area contributed by atoms with Crippen LogP contribution in [0.25, 0.3) is 5.57 Å². The van der Waals surface area contributed by atoms with Crippen LogP contribution in [0.5, 0.6) is 0 Å². The van der Waals surface area contributed by atoms with Gasteiger partial charge >= 0.3 is 5.69 Å². The summed E-state index contributed by atoms with van der Waals surface area (Å²) in [6, 6.07) is 25.4. The largest absolute Gasteiger partial charge is 0.348 e. The molecule has 4 rings (SSSR count). The molecular formula is C31H36N3O3S+. The van der Waals surface area contributed by atoms with Gasteiger partial charge in [-0.3, -0.25) is 9.52 Å². The lowest BCUT2D eigenvalue weighted by Gasteiger charge is -2.16. The molecule has 1 amide bonds. The quantitative estimate of drug-likeness (QED) is 0.213. The van der Waals surface area contributed by atoms with E-state index in [2.05, 4.69) is 34.3 Å². The first kappa shape index (κ1) is 28.9. The van der Waals surface area contributed by atoms with Gasteiger partial charge in [0.1, 0.15) is 0 Å². The molecule has 38 heavy (non-hydrogen) atoms. The van der Waals surface area contributed by atoms with Crippen molar-refractivity contribution in [1.29, 1.82) is 0 Å². The van der Waals surface area contributed by atoms with Crippen molar-refractivity contribution < 1.29 is 14.6 Å². The van der Waals surface area contributed by atoms with Crippen LogP contribution in [0.4, 0.5) is 5.69 Å². The van der Waals surface area contributed by atoms with Gasteiger partial charge < -0.3 is 5.32 Å². The lowest BCUT2D eigenvalue weighted by molar-refractivity contribution is -0.736. The molecule has 0 aliphatic heterocycles. The Kier molecular flexibility index (Phi) is 11.8. The van der Waals surface area contributed by atoms with Crippen molar-refractivity contribution in [2.24, 2.45) is 0 Å². The minimum atomic E-state index is -0.0188. The van der Waals surface area contributed by atoms with Crippen LogP contribution < -0.4 is 10.0 Å². The first-order valence-corrected chi connectivity index (χ1v) is 13.8. The molecule has 3 aromatic rings. The van der Waals surface area contributed by atoms with Crippen LogP contribution in [0.3, 0.4) is 0 Å². The lowest BCUT2D eigenvalue weighted by Crippen LogP contribution is -2.25. The molecule has 2 N–H and O–H groups in total. The molecule has 0 saturated heterocycles. The van der Waals surface area contributed by atoms with E-state index in [-0.39, 0.29) is 5.91 Å². The lowest BCUT2D eigenvalue weighted by atomic mass is 9.93. The smallest absolute Gasteiger partial charge is 0.317 e. The molecule has 198 valence electrons. The Bertz CT molecular complexity index is 1270. The molecule has 0 saturated carbocycles. The van der Waals surface area contributed by atoms with Gasteiger partial charge in [-0.15, -0.1) is 0 Å². The molecule has 0 heterocycles. The van der Waals surface area contributed by atoms with Gasteiger partial charge in [0.2, 0.25) is 5.91 Å². The number of amides is 1. The molecule has 7 heteroatoms. The van der Waals surface area contributed by atoms with Gasteiger partial charge in [0.15, 0.2) is 7.11 Å². The van der Waals surface area contributed by atoms with Crippen LogP contribution in [0.2, 0.25) is 0 Å². The summed E-state index contributed by atoms with van der Waals surface area (Å²) in [5.41, 5.74) is 5.45. The van der Waals surface area contributed by atoms with Crippen LogP contribution in [-0.2, 0) is 22.7 Å². The molecule has 0 spiro atoms. The van der Waals surface area contributed by atoms with Crippen molar-refractivity contribution in [3.8, 4) is 0 Å².